The Bertz CT molecular complexity index is 540. The van der Waals surface area contributed by atoms with Crippen LogP contribution in [0.4, 0.5) is 0 Å². The summed E-state index contributed by atoms with van der Waals surface area (Å²) in [4.78, 5) is 0. The fourth-order valence-corrected chi connectivity index (χ4v) is 2.50. The molecule has 0 fully saturated rings. The van der Waals surface area contributed by atoms with Gasteiger partial charge in [-0.15, -0.1) is 0 Å². The summed E-state index contributed by atoms with van der Waals surface area (Å²) in [6, 6.07) is 6.57. The van der Waals surface area contributed by atoms with Gasteiger partial charge < -0.3 is 0 Å². The fraction of sp³-hybridized carbons (Fsp3) is 0.471. The molecule has 2 rings (SSSR count). The fourth-order valence-electron chi connectivity index (χ4n) is 2.50. The lowest BCUT2D eigenvalue weighted by Gasteiger charge is -2.14. The van der Waals surface area contributed by atoms with Crippen molar-refractivity contribution in [1.82, 2.24) is 10.2 Å². The van der Waals surface area contributed by atoms with E-state index in [1.807, 2.05) is 6.20 Å². The minimum atomic E-state index is 0.790. The lowest BCUT2D eigenvalue weighted by atomic mass is 9.90. The second kappa shape index (κ2) is 6.05. The molecule has 0 aliphatic carbocycles. The van der Waals surface area contributed by atoms with E-state index in [2.05, 4.69) is 56.1 Å². The van der Waals surface area contributed by atoms with E-state index in [0.29, 0.717) is 0 Å². The molecule has 102 valence electrons. The molecule has 0 aliphatic rings. The van der Waals surface area contributed by atoms with E-state index in [-0.39, 0.29) is 0 Å². The van der Waals surface area contributed by atoms with Gasteiger partial charge in [-0.3, -0.25) is 5.10 Å². The Morgan fingerprint density at radius 3 is 2.63 bits per heavy atom. The van der Waals surface area contributed by atoms with Gasteiger partial charge in [0.05, 0.1) is 6.20 Å². The Morgan fingerprint density at radius 1 is 1.21 bits per heavy atom. The molecule has 1 atom stereocenters. The zero-order valence-corrected chi connectivity index (χ0v) is 12.5. The van der Waals surface area contributed by atoms with E-state index in [0.717, 1.165) is 18.0 Å². The number of aromatic nitrogens is 2. The van der Waals surface area contributed by atoms with Crippen molar-refractivity contribution in [2.45, 2.75) is 47.0 Å². The average molecular weight is 256 g/mol. The van der Waals surface area contributed by atoms with Crippen molar-refractivity contribution in [2.75, 3.05) is 0 Å². The zero-order valence-electron chi connectivity index (χ0n) is 12.5. The van der Waals surface area contributed by atoms with Gasteiger partial charge in [0.25, 0.3) is 0 Å². The molecule has 0 amide bonds. The third kappa shape index (κ3) is 3.06. The monoisotopic (exact) mass is 256 g/mol. The van der Waals surface area contributed by atoms with Crippen molar-refractivity contribution < 1.29 is 0 Å². The summed E-state index contributed by atoms with van der Waals surface area (Å²) in [5, 5.41) is 7.20. The van der Waals surface area contributed by atoms with Crippen LogP contribution in [-0.2, 0) is 6.42 Å². The predicted octanol–water partition coefficient (Wildman–Crippen LogP) is 4.67. The minimum absolute atomic E-state index is 0.790. The standard InChI is InChI=1S/C17H24N2/c1-5-12(2)9-10-15-13(3)7-6-8-16(15)17-11-18-19-14(17)4/h6-8,11-12H,5,9-10H2,1-4H3,(H,18,19). The first-order chi connectivity index (χ1) is 9.13. The number of rotatable bonds is 5. The second-order valence-electron chi connectivity index (χ2n) is 5.56. The highest BCUT2D eigenvalue weighted by atomic mass is 15.1. The molecule has 19 heavy (non-hydrogen) atoms. The highest BCUT2D eigenvalue weighted by Gasteiger charge is 2.12. The summed E-state index contributed by atoms with van der Waals surface area (Å²) >= 11 is 0. The molecule has 1 heterocycles. The molecule has 1 N–H and O–H groups in total. The molecule has 0 aliphatic heterocycles. The topological polar surface area (TPSA) is 28.7 Å². The number of H-pyrrole nitrogens is 1. The maximum atomic E-state index is 4.16. The van der Waals surface area contributed by atoms with Gasteiger partial charge in [-0.25, -0.2) is 0 Å². The Hall–Kier alpha value is -1.57. The van der Waals surface area contributed by atoms with E-state index in [4.69, 9.17) is 0 Å². The lowest BCUT2D eigenvalue weighted by molar-refractivity contribution is 0.516. The normalized spacial score (nSPS) is 12.6. The molecule has 0 radical (unpaired) electrons. The van der Waals surface area contributed by atoms with Gasteiger partial charge in [-0.05, 0) is 49.3 Å². The van der Waals surface area contributed by atoms with Gasteiger partial charge in [-0.2, -0.15) is 5.10 Å². The van der Waals surface area contributed by atoms with Crippen LogP contribution in [0.5, 0.6) is 0 Å². The van der Waals surface area contributed by atoms with E-state index in [1.54, 1.807) is 0 Å². The molecule has 0 saturated carbocycles. The summed E-state index contributed by atoms with van der Waals surface area (Å²) in [5.74, 6) is 0.790. The van der Waals surface area contributed by atoms with Crippen molar-refractivity contribution >= 4 is 0 Å². The van der Waals surface area contributed by atoms with Crippen molar-refractivity contribution in [1.29, 1.82) is 0 Å². The van der Waals surface area contributed by atoms with Crippen LogP contribution in [0.2, 0.25) is 0 Å². The number of hydrogen-bond acceptors (Lipinski definition) is 1. The van der Waals surface area contributed by atoms with Crippen LogP contribution < -0.4 is 0 Å². The number of nitrogens with zero attached hydrogens (tertiary/aromatic N) is 1. The first-order valence-corrected chi connectivity index (χ1v) is 7.22. The maximum absolute atomic E-state index is 4.16. The highest BCUT2D eigenvalue weighted by molar-refractivity contribution is 5.70. The third-order valence-corrected chi connectivity index (χ3v) is 4.11. The van der Waals surface area contributed by atoms with Crippen molar-refractivity contribution in [3.8, 4) is 11.1 Å². The molecule has 1 aromatic heterocycles. The molecule has 2 nitrogen and oxygen atoms in total. The zero-order chi connectivity index (χ0) is 13.8. The summed E-state index contributed by atoms with van der Waals surface area (Å²) in [5.41, 5.74) is 6.60. The number of aryl methyl sites for hydroxylation is 2. The van der Waals surface area contributed by atoms with Crippen LogP contribution in [0.3, 0.4) is 0 Å². The summed E-state index contributed by atoms with van der Waals surface area (Å²) < 4.78 is 0. The SMILES string of the molecule is CCC(C)CCc1c(C)cccc1-c1cn[nH]c1C. The predicted molar refractivity (Wildman–Crippen MR) is 81.3 cm³/mol. The number of benzene rings is 1. The molecule has 0 saturated heterocycles. The second-order valence-corrected chi connectivity index (χ2v) is 5.56. The van der Waals surface area contributed by atoms with Gasteiger partial charge in [0.15, 0.2) is 0 Å². The van der Waals surface area contributed by atoms with Gasteiger partial charge >= 0.3 is 0 Å². The van der Waals surface area contributed by atoms with Crippen molar-refractivity contribution in [2.24, 2.45) is 5.92 Å². The van der Waals surface area contributed by atoms with Crippen molar-refractivity contribution in [3.63, 3.8) is 0 Å². The molecule has 2 heteroatoms. The van der Waals surface area contributed by atoms with E-state index < -0.39 is 0 Å². The van der Waals surface area contributed by atoms with E-state index in [9.17, 15) is 0 Å². The Balaban J connectivity index is 2.34. The maximum Gasteiger partial charge on any atom is 0.0568 e. The van der Waals surface area contributed by atoms with E-state index in [1.165, 1.54) is 35.1 Å². The van der Waals surface area contributed by atoms with Crippen LogP contribution >= 0.6 is 0 Å². The molecular formula is C17H24N2. The van der Waals surface area contributed by atoms with Gasteiger partial charge in [0, 0.05) is 11.3 Å². The van der Waals surface area contributed by atoms with Gasteiger partial charge in [0.1, 0.15) is 0 Å². The minimum Gasteiger partial charge on any atom is -0.282 e. The lowest BCUT2D eigenvalue weighted by Crippen LogP contribution is -1.99. The highest BCUT2D eigenvalue weighted by Crippen LogP contribution is 2.29. The first-order valence-electron chi connectivity index (χ1n) is 7.22. The molecular weight excluding hydrogens is 232 g/mol. The molecule has 1 unspecified atom stereocenters. The average Bonchev–Trinajstić information content (AvgIpc) is 2.82. The van der Waals surface area contributed by atoms with E-state index >= 15 is 0 Å². The van der Waals surface area contributed by atoms with Gasteiger partial charge in [-0.1, -0.05) is 38.5 Å². The van der Waals surface area contributed by atoms with Gasteiger partial charge in [0.2, 0.25) is 0 Å². The summed E-state index contributed by atoms with van der Waals surface area (Å²) in [7, 11) is 0. The first kappa shape index (κ1) is 13.9. The van der Waals surface area contributed by atoms with Crippen LogP contribution in [0, 0.1) is 19.8 Å². The van der Waals surface area contributed by atoms with Crippen LogP contribution in [0.25, 0.3) is 11.1 Å². The number of aromatic amines is 1. The Morgan fingerprint density at radius 2 is 2.00 bits per heavy atom. The van der Waals surface area contributed by atoms with Crippen LogP contribution in [0.1, 0.15) is 43.5 Å². The number of nitrogens with one attached hydrogen (secondary N) is 1. The smallest absolute Gasteiger partial charge is 0.0568 e. The molecule has 2 aromatic rings. The molecule has 0 bridgehead atoms. The Labute approximate surface area is 116 Å². The quantitative estimate of drug-likeness (QED) is 0.827. The molecule has 1 aromatic carbocycles. The molecule has 0 spiro atoms. The largest absolute Gasteiger partial charge is 0.282 e. The number of hydrogen-bond donors (Lipinski definition) is 1. The summed E-state index contributed by atoms with van der Waals surface area (Å²) in [6.45, 7) is 8.90. The van der Waals surface area contributed by atoms with Crippen molar-refractivity contribution in [3.05, 3.63) is 41.2 Å². The van der Waals surface area contributed by atoms with Crippen LogP contribution in [-0.4, -0.2) is 10.2 Å². The Kier molecular flexibility index (Phi) is 4.41. The summed E-state index contributed by atoms with van der Waals surface area (Å²) in [6.07, 6.45) is 5.61. The third-order valence-electron chi connectivity index (χ3n) is 4.11. The van der Waals surface area contributed by atoms with Crippen LogP contribution in [0.15, 0.2) is 24.4 Å².